The third kappa shape index (κ3) is 3.94. The quantitative estimate of drug-likeness (QED) is 0.912. The Morgan fingerprint density at radius 1 is 1.45 bits per heavy atom. The van der Waals surface area contributed by atoms with Crippen LogP contribution in [0.25, 0.3) is 0 Å². The van der Waals surface area contributed by atoms with E-state index in [9.17, 15) is 4.39 Å². The second-order valence-corrected chi connectivity index (χ2v) is 6.62. The number of nitrogens with zero attached hydrogens (tertiary/aromatic N) is 1. The summed E-state index contributed by atoms with van der Waals surface area (Å²) in [6, 6.07) is 5.79. The molecule has 1 aliphatic rings. The van der Waals surface area contributed by atoms with Crippen LogP contribution in [-0.2, 0) is 6.54 Å². The molecule has 2 atom stereocenters. The van der Waals surface area contributed by atoms with E-state index in [1.165, 1.54) is 6.07 Å². The van der Waals surface area contributed by atoms with Crippen LogP contribution in [0.3, 0.4) is 0 Å². The predicted molar refractivity (Wildman–Crippen MR) is 82.5 cm³/mol. The molecule has 0 aromatic heterocycles. The molecule has 2 unspecified atom stereocenters. The van der Waals surface area contributed by atoms with Crippen molar-refractivity contribution in [3.63, 3.8) is 0 Å². The smallest absolute Gasteiger partial charge is 0.129 e. The van der Waals surface area contributed by atoms with Crippen LogP contribution >= 0.6 is 11.6 Å². The molecule has 0 radical (unpaired) electrons. The van der Waals surface area contributed by atoms with Gasteiger partial charge < -0.3 is 5.32 Å². The first-order chi connectivity index (χ1) is 9.47. The van der Waals surface area contributed by atoms with Gasteiger partial charge in [-0.15, -0.1) is 0 Å². The van der Waals surface area contributed by atoms with Crippen molar-refractivity contribution in [3.8, 4) is 0 Å². The lowest BCUT2D eigenvalue weighted by atomic mass is 9.99. The highest BCUT2D eigenvalue weighted by Crippen LogP contribution is 2.23. The Morgan fingerprint density at radius 2 is 2.20 bits per heavy atom. The lowest BCUT2D eigenvalue weighted by molar-refractivity contribution is 0.123. The van der Waals surface area contributed by atoms with Gasteiger partial charge in [-0.25, -0.2) is 4.39 Å². The summed E-state index contributed by atoms with van der Waals surface area (Å²) in [5.41, 5.74) is 0.617. The first kappa shape index (κ1) is 15.7. The van der Waals surface area contributed by atoms with Crippen LogP contribution in [0.4, 0.5) is 4.39 Å². The minimum Gasteiger partial charge on any atom is -0.311 e. The van der Waals surface area contributed by atoms with Gasteiger partial charge in [0.1, 0.15) is 5.82 Å². The molecule has 1 saturated heterocycles. The zero-order valence-corrected chi connectivity index (χ0v) is 13.3. The summed E-state index contributed by atoms with van der Waals surface area (Å²) in [5.74, 6) is 0.462. The number of nitrogens with one attached hydrogen (secondary N) is 1. The second kappa shape index (κ2) is 6.88. The van der Waals surface area contributed by atoms with Crippen molar-refractivity contribution in [1.29, 1.82) is 0 Å². The number of hydrogen-bond donors (Lipinski definition) is 1. The maximum atomic E-state index is 13.9. The van der Waals surface area contributed by atoms with E-state index in [1.54, 1.807) is 12.1 Å². The Kier molecular flexibility index (Phi) is 5.42. The van der Waals surface area contributed by atoms with Crippen LogP contribution in [0.15, 0.2) is 18.2 Å². The molecule has 2 nitrogen and oxygen atoms in total. The standard InChI is InChI=1S/C16H24ClFN2/c1-11(2)7-13-9-20(12(3)8-19-13)10-14-15(17)5-4-6-16(14)18/h4-6,11-13,19H,7-10H2,1-3H3. The lowest BCUT2D eigenvalue weighted by Gasteiger charge is -2.39. The fourth-order valence-corrected chi connectivity index (χ4v) is 3.05. The van der Waals surface area contributed by atoms with Crippen LogP contribution in [-0.4, -0.2) is 30.1 Å². The average molecular weight is 299 g/mol. The fraction of sp³-hybridized carbons (Fsp3) is 0.625. The Hall–Kier alpha value is -0.640. The average Bonchev–Trinajstić information content (AvgIpc) is 2.37. The Balaban J connectivity index is 2.06. The molecule has 1 aromatic rings. The SMILES string of the molecule is CC(C)CC1CN(Cc2c(F)cccc2Cl)C(C)CN1. The summed E-state index contributed by atoms with van der Waals surface area (Å²) in [7, 11) is 0. The van der Waals surface area contributed by atoms with Crippen LogP contribution in [0.2, 0.25) is 5.02 Å². The topological polar surface area (TPSA) is 15.3 Å². The molecule has 112 valence electrons. The third-order valence-electron chi connectivity index (χ3n) is 3.96. The molecule has 4 heteroatoms. The zero-order chi connectivity index (χ0) is 14.7. The van der Waals surface area contributed by atoms with Crippen molar-refractivity contribution < 1.29 is 4.39 Å². The van der Waals surface area contributed by atoms with Crippen molar-refractivity contribution in [2.75, 3.05) is 13.1 Å². The summed E-state index contributed by atoms with van der Waals surface area (Å²) < 4.78 is 13.9. The van der Waals surface area contributed by atoms with Gasteiger partial charge in [-0.3, -0.25) is 4.90 Å². The van der Waals surface area contributed by atoms with E-state index in [2.05, 4.69) is 31.0 Å². The van der Waals surface area contributed by atoms with Crippen LogP contribution in [0.5, 0.6) is 0 Å². The van der Waals surface area contributed by atoms with Crippen LogP contribution in [0.1, 0.15) is 32.8 Å². The summed E-state index contributed by atoms with van der Waals surface area (Å²) in [6.45, 7) is 9.12. The van der Waals surface area contributed by atoms with E-state index in [1.807, 2.05) is 0 Å². The van der Waals surface area contributed by atoms with E-state index in [0.717, 1.165) is 19.5 Å². The van der Waals surface area contributed by atoms with Gasteiger partial charge in [-0.05, 0) is 31.4 Å². The van der Waals surface area contributed by atoms with Crippen molar-refractivity contribution in [3.05, 3.63) is 34.6 Å². The normalized spacial score (nSPS) is 24.3. The Labute approximate surface area is 126 Å². The monoisotopic (exact) mass is 298 g/mol. The minimum absolute atomic E-state index is 0.205. The Bertz CT molecular complexity index is 430. The highest BCUT2D eigenvalue weighted by molar-refractivity contribution is 6.31. The molecular weight excluding hydrogens is 275 g/mol. The number of piperazine rings is 1. The number of hydrogen-bond acceptors (Lipinski definition) is 2. The summed E-state index contributed by atoms with van der Waals surface area (Å²) >= 11 is 6.13. The second-order valence-electron chi connectivity index (χ2n) is 6.21. The molecule has 2 rings (SSSR count). The molecule has 0 bridgehead atoms. The van der Waals surface area contributed by atoms with Gasteiger partial charge in [0.15, 0.2) is 0 Å². The first-order valence-corrected chi connectivity index (χ1v) is 7.75. The molecule has 1 heterocycles. The van der Waals surface area contributed by atoms with E-state index in [4.69, 9.17) is 11.6 Å². The maximum absolute atomic E-state index is 13.9. The molecular formula is C16H24ClFN2. The summed E-state index contributed by atoms with van der Waals surface area (Å²) in [4.78, 5) is 2.33. The van der Waals surface area contributed by atoms with Gasteiger partial charge in [0, 0.05) is 42.3 Å². The summed E-state index contributed by atoms with van der Waals surface area (Å²) in [5, 5.41) is 4.10. The molecule has 1 N–H and O–H groups in total. The van der Waals surface area contributed by atoms with Gasteiger partial charge >= 0.3 is 0 Å². The van der Waals surface area contributed by atoms with Gasteiger partial charge in [0.05, 0.1) is 0 Å². The van der Waals surface area contributed by atoms with E-state index < -0.39 is 0 Å². The largest absolute Gasteiger partial charge is 0.311 e. The van der Waals surface area contributed by atoms with Gasteiger partial charge in [0.2, 0.25) is 0 Å². The van der Waals surface area contributed by atoms with Crippen LogP contribution < -0.4 is 5.32 Å². The van der Waals surface area contributed by atoms with Crippen molar-refractivity contribution in [2.24, 2.45) is 5.92 Å². The number of rotatable bonds is 4. The maximum Gasteiger partial charge on any atom is 0.129 e. The van der Waals surface area contributed by atoms with Gasteiger partial charge in [-0.1, -0.05) is 31.5 Å². The molecule has 1 aliphatic heterocycles. The molecule has 0 aliphatic carbocycles. The molecule has 1 aromatic carbocycles. The molecule has 0 spiro atoms. The highest BCUT2D eigenvalue weighted by Gasteiger charge is 2.26. The summed E-state index contributed by atoms with van der Waals surface area (Å²) in [6.07, 6.45) is 1.15. The fourth-order valence-electron chi connectivity index (χ4n) is 2.83. The van der Waals surface area contributed by atoms with E-state index in [-0.39, 0.29) is 5.82 Å². The lowest BCUT2D eigenvalue weighted by Crippen LogP contribution is -2.55. The van der Waals surface area contributed by atoms with E-state index in [0.29, 0.717) is 35.1 Å². The van der Waals surface area contributed by atoms with Crippen molar-refractivity contribution in [1.82, 2.24) is 10.2 Å². The molecule has 1 fully saturated rings. The minimum atomic E-state index is -0.205. The van der Waals surface area contributed by atoms with Gasteiger partial charge in [0.25, 0.3) is 0 Å². The molecule has 0 saturated carbocycles. The van der Waals surface area contributed by atoms with E-state index >= 15 is 0 Å². The highest BCUT2D eigenvalue weighted by atomic mass is 35.5. The van der Waals surface area contributed by atoms with Gasteiger partial charge in [-0.2, -0.15) is 0 Å². The van der Waals surface area contributed by atoms with Crippen molar-refractivity contribution in [2.45, 2.75) is 45.8 Å². The molecule has 20 heavy (non-hydrogen) atoms. The Morgan fingerprint density at radius 3 is 2.85 bits per heavy atom. The number of benzene rings is 1. The first-order valence-electron chi connectivity index (χ1n) is 7.37. The van der Waals surface area contributed by atoms with Crippen molar-refractivity contribution >= 4 is 11.6 Å². The third-order valence-corrected chi connectivity index (χ3v) is 4.31. The molecule has 0 amide bonds. The van der Waals surface area contributed by atoms with Crippen LogP contribution in [0, 0.1) is 11.7 Å². The zero-order valence-electron chi connectivity index (χ0n) is 12.5. The number of halogens is 2. The predicted octanol–water partition coefficient (Wildman–Crippen LogP) is 3.69.